The summed E-state index contributed by atoms with van der Waals surface area (Å²) in [7, 11) is 0. The number of rotatable bonds is 0. The molecule has 1 heterocycles. The number of ether oxygens (including phenoxy) is 1. The van der Waals surface area contributed by atoms with Crippen LogP contribution >= 0.6 is 0 Å². The maximum absolute atomic E-state index is 10.8. The summed E-state index contributed by atoms with van der Waals surface area (Å²) in [6.45, 7) is 0. The van der Waals surface area contributed by atoms with E-state index < -0.39 is 0 Å². The van der Waals surface area contributed by atoms with Crippen molar-refractivity contribution in [1.29, 1.82) is 0 Å². The van der Waals surface area contributed by atoms with Crippen molar-refractivity contribution in [1.82, 2.24) is 0 Å². The molecule has 1 aliphatic carbocycles. The Kier molecular flexibility index (Phi) is 1.07. The highest BCUT2D eigenvalue weighted by Gasteiger charge is 2.46. The average Bonchev–Trinajstić information content (AvgIpc) is 2.39. The van der Waals surface area contributed by atoms with Gasteiger partial charge >= 0.3 is 11.9 Å². The summed E-state index contributed by atoms with van der Waals surface area (Å²) in [5.41, 5.74) is 0. The van der Waals surface area contributed by atoms with E-state index in [1.54, 1.807) is 0 Å². The number of carbonyl (C=O) groups excluding carboxylic acids is 2. The van der Waals surface area contributed by atoms with Crippen molar-refractivity contribution in [3.05, 3.63) is 0 Å². The third-order valence-electron chi connectivity index (χ3n) is 2.32. The van der Waals surface area contributed by atoms with Crippen molar-refractivity contribution in [3.8, 4) is 0 Å². The Hall–Kier alpha value is -0.860. The van der Waals surface area contributed by atoms with Gasteiger partial charge in [-0.1, -0.05) is 6.42 Å². The molecule has 0 bridgehead atoms. The predicted octanol–water partition coefficient (Wildman–Crippen LogP) is 0.486. The first-order chi connectivity index (χ1) is 4.79. The van der Waals surface area contributed by atoms with Gasteiger partial charge in [0.15, 0.2) is 0 Å². The highest BCUT2D eigenvalue weighted by molar-refractivity contribution is 5.96. The van der Waals surface area contributed by atoms with Crippen LogP contribution in [0.15, 0.2) is 0 Å². The Morgan fingerprint density at radius 2 is 1.60 bits per heavy atom. The Morgan fingerprint density at radius 1 is 1.10 bits per heavy atom. The van der Waals surface area contributed by atoms with Crippen molar-refractivity contribution in [2.75, 3.05) is 0 Å². The van der Waals surface area contributed by atoms with Gasteiger partial charge in [-0.3, -0.25) is 9.59 Å². The van der Waals surface area contributed by atoms with E-state index in [9.17, 15) is 9.59 Å². The largest absolute Gasteiger partial charge is 0.393 e. The molecule has 0 amide bonds. The van der Waals surface area contributed by atoms with Crippen LogP contribution in [0.5, 0.6) is 0 Å². The number of carbonyl (C=O) groups is 2. The fraction of sp³-hybridized carbons (Fsp3) is 0.714. The second-order valence-corrected chi connectivity index (χ2v) is 2.88. The van der Waals surface area contributed by atoms with E-state index in [0.29, 0.717) is 0 Å². The van der Waals surface area contributed by atoms with Crippen molar-refractivity contribution >= 4 is 11.9 Å². The highest BCUT2D eigenvalue weighted by Crippen LogP contribution is 2.37. The van der Waals surface area contributed by atoms with Crippen LogP contribution in [0.2, 0.25) is 0 Å². The quantitative estimate of drug-likeness (QED) is 0.363. The molecule has 10 heavy (non-hydrogen) atoms. The molecule has 2 fully saturated rings. The lowest BCUT2D eigenvalue weighted by atomic mass is 10.00. The zero-order valence-corrected chi connectivity index (χ0v) is 5.50. The molecule has 54 valence electrons. The van der Waals surface area contributed by atoms with Crippen molar-refractivity contribution in [2.45, 2.75) is 19.3 Å². The van der Waals surface area contributed by atoms with Crippen LogP contribution < -0.4 is 0 Å². The number of esters is 2. The smallest absolute Gasteiger partial charge is 0.317 e. The molecule has 3 nitrogen and oxygen atoms in total. The number of cyclic esters (lactones) is 2. The molecule has 2 rings (SSSR count). The predicted molar refractivity (Wildman–Crippen MR) is 31.9 cm³/mol. The van der Waals surface area contributed by atoms with Gasteiger partial charge in [-0.2, -0.15) is 0 Å². The van der Waals surface area contributed by atoms with Crippen LogP contribution in [0, 0.1) is 11.8 Å². The molecule has 0 spiro atoms. The topological polar surface area (TPSA) is 43.4 Å². The van der Waals surface area contributed by atoms with Gasteiger partial charge in [-0.25, -0.2) is 0 Å². The Labute approximate surface area is 58.4 Å². The van der Waals surface area contributed by atoms with E-state index in [2.05, 4.69) is 4.74 Å². The van der Waals surface area contributed by atoms with Gasteiger partial charge in [-0.15, -0.1) is 0 Å². The SMILES string of the molecule is O=C1OC(=O)[C@H]2CCC[C@H]12. The van der Waals surface area contributed by atoms with Crippen LogP contribution in [0.4, 0.5) is 0 Å². The summed E-state index contributed by atoms with van der Waals surface area (Å²) < 4.78 is 4.45. The van der Waals surface area contributed by atoms with Crippen LogP contribution in [-0.4, -0.2) is 11.9 Å². The van der Waals surface area contributed by atoms with Gasteiger partial charge in [0.2, 0.25) is 0 Å². The molecule has 1 aliphatic heterocycles. The average molecular weight is 140 g/mol. The molecular weight excluding hydrogens is 132 g/mol. The number of fused-ring (bicyclic) bond motifs is 1. The van der Waals surface area contributed by atoms with Gasteiger partial charge in [0.25, 0.3) is 0 Å². The standard InChI is InChI=1S/C7H8O3/c8-6-4-2-1-3-5(4)7(9)10-6/h4-5H,1-3H2/t4-,5-/m0/s1. The second kappa shape index (κ2) is 1.81. The Balaban J connectivity index is 2.27. The van der Waals surface area contributed by atoms with E-state index in [1.807, 2.05) is 0 Å². The van der Waals surface area contributed by atoms with E-state index in [4.69, 9.17) is 0 Å². The molecule has 0 aromatic carbocycles. The van der Waals surface area contributed by atoms with Crippen LogP contribution in [0.1, 0.15) is 19.3 Å². The zero-order valence-electron chi connectivity index (χ0n) is 5.50. The number of hydrogen-bond acceptors (Lipinski definition) is 3. The van der Waals surface area contributed by atoms with E-state index in [1.165, 1.54) is 0 Å². The van der Waals surface area contributed by atoms with E-state index in [-0.39, 0.29) is 23.8 Å². The maximum Gasteiger partial charge on any atom is 0.317 e. The molecule has 0 aromatic rings. The number of hydrogen-bond donors (Lipinski definition) is 0. The normalized spacial score (nSPS) is 38.0. The minimum Gasteiger partial charge on any atom is -0.393 e. The first kappa shape index (κ1) is 5.89. The lowest BCUT2D eigenvalue weighted by Gasteiger charge is -1.95. The van der Waals surface area contributed by atoms with E-state index in [0.717, 1.165) is 19.3 Å². The Bertz CT molecular complexity index is 177. The minimum absolute atomic E-state index is 0.0903. The summed E-state index contributed by atoms with van der Waals surface area (Å²) in [5, 5.41) is 0. The molecule has 0 aromatic heterocycles. The fourth-order valence-corrected chi connectivity index (χ4v) is 1.77. The first-order valence-electron chi connectivity index (χ1n) is 3.54. The lowest BCUT2D eigenvalue weighted by molar-refractivity contribution is -0.154. The molecular formula is C7H8O3. The molecule has 0 radical (unpaired) electrons. The van der Waals surface area contributed by atoms with Crippen LogP contribution in [-0.2, 0) is 14.3 Å². The van der Waals surface area contributed by atoms with Gasteiger partial charge in [-0.05, 0) is 12.8 Å². The van der Waals surface area contributed by atoms with Gasteiger partial charge < -0.3 is 4.74 Å². The second-order valence-electron chi connectivity index (χ2n) is 2.88. The van der Waals surface area contributed by atoms with Crippen LogP contribution in [0.25, 0.3) is 0 Å². The maximum atomic E-state index is 10.8. The first-order valence-corrected chi connectivity index (χ1v) is 3.54. The van der Waals surface area contributed by atoms with Gasteiger partial charge in [0.05, 0.1) is 11.8 Å². The molecule has 2 aliphatic rings. The summed E-state index contributed by atoms with van der Waals surface area (Å²) in [6, 6.07) is 0. The molecule has 1 saturated heterocycles. The molecule has 3 heteroatoms. The minimum atomic E-state index is -0.299. The fourth-order valence-electron chi connectivity index (χ4n) is 1.77. The van der Waals surface area contributed by atoms with Crippen molar-refractivity contribution in [3.63, 3.8) is 0 Å². The summed E-state index contributed by atoms with van der Waals surface area (Å²) in [5.74, 6) is -0.778. The summed E-state index contributed by atoms with van der Waals surface area (Å²) in [4.78, 5) is 21.6. The highest BCUT2D eigenvalue weighted by atomic mass is 16.6. The van der Waals surface area contributed by atoms with E-state index >= 15 is 0 Å². The zero-order chi connectivity index (χ0) is 7.14. The monoisotopic (exact) mass is 140 g/mol. The summed E-state index contributed by atoms with van der Waals surface area (Å²) >= 11 is 0. The molecule has 0 unspecified atom stereocenters. The molecule has 2 atom stereocenters. The molecule has 0 N–H and O–H groups in total. The van der Waals surface area contributed by atoms with Gasteiger partial charge in [0.1, 0.15) is 0 Å². The Morgan fingerprint density at radius 3 is 2.10 bits per heavy atom. The third kappa shape index (κ3) is 0.602. The lowest BCUT2D eigenvalue weighted by Crippen LogP contribution is -2.09. The van der Waals surface area contributed by atoms with Gasteiger partial charge in [0, 0.05) is 0 Å². The van der Waals surface area contributed by atoms with Crippen molar-refractivity contribution < 1.29 is 14.3 Å². The summed E-state index contributed by atoms with van der Waals surface area (Å²) in [6.07, 6.45) is 2.68. The van der Waals surface area contributed by atoms with Crippen LogP contribution in [0.3, 0.4) is 0 Å². The van der Waals surface area contributed by atoms with Crippen molar-refractivity contribution in [2.24, 2.45) is 11.8 Å². The third-order valence-corrected chi connectivity index (χ3v) is 2.32. The molecule has 1 saturated carbocycles.